The van der Waals surface area contributed by atoms with Gasteiger partial charge < -0.3 is 25.0 Å². The first-order chi connectivity index (χ1) is 15.1. The number of aryl methyl sites for hydroxylation is 1. The van der Waals surface area contributed by atoms with E-state index < -0.39 is 41.1 Å². The van der Waals surface area contributed by atoms with Gasteiger partial charge in [0.15, 0.2) is 0 Å². The van der Waals surface area contributed by atoms with Gasteiger partial charge in [0.25, 0.3) is 0 Å². The van der Waals surface area contributed by atoms with Crippen LogP contribution in [0.25, 0.3) is 0 Å². The molecule has 1 unspecified atom stereocenters. The summed E-state index contributed by atoms with van der Waals surface area (Å²) in [6.45, 7) is 13.6. The highest BCUT2D eigenvalue weighted by molar-refractivity contribution is 5.92. The Bertz CT molecular complexity index is 883. The van der Waals surface area contributed by atoms with E-state index >= 15 is 0 Å². The Hall–Kier alpha value is -3.10. The Balaban J connectivity index is 3.36. The summed E-state index contributed by atoms with van der Waals surface area (Å²) in [6.07, 6.45) is -0.733. The minimum Gasteiger partial charge on any atom is -0.468 e. The first-order valence-corrected chi connectivity index (χ1v) is 10.8. The van der Waals surface area contributed by atoms with E-state index in [0.29, 0.717) is 5.56 Å². The Morgan fingerprint density at radius 2 is 1.58 bits per heavy atom. The van der Waals surface area contributed by atoms with Crippen molar-refractivity contribution in [3.8, 4) is 0 Å². The minimum atomic E-state index is -1.04. The molecule has 2 N–H and O–H groups in total. The molecular weight excluding hydrogens is 426 g/mol. The van der Waals surface area contributed by atoms with E-state index in [1.807, 2.05) is 26.0 Å². The highest BCUT2D eigenvalue weighted by Gasteiger charge is 2.39. The molecule has 0 aromatic heterocycles. The minimum absolute atomic E-state index is 0.334. The lowest BCUT2D eigenvalue weighted by atomic mass is 9.92. The third-order valence-electron chi connectivity index (χ3n) is 4.86. The lowest BCUT2D eigenvalue weighted by Gasteiger charge is -2.41. The fourth-order valence-electron chi connectivity index (χ4n) is 3.25. The predicted octanol–water partition coefficient (Wildman–Crippen LogP) is 2.79. The van der Waals surface area contributed by atoms with Crippen LogP contribution in [0.3, 0.4) is 0 Å². The molecule has 0 radical (unpaired) electrons. The van der Waals surface area contributed by atoms with Crippen LogP contribution in [0.15, 0.2) is 18.2 Å². The van der Waals surface area contributed by atoms with Crippen LogP contribution < -0.4 is 10.6 Å². The van der Waals surface area contributed by atoms with E-state index in [-0.39, 0.29) is 13.1 Å². The molecule has 1 rings (SSSR count). The van der Waals surface area contributed by atoms with Crippen LogP contribution in [-0.2, 0) is 23.9 Å². The van der Waals surface area contributed by atoms with Gasteiger partial charge in [-0.25, -0.2) is 4.79 Å². The van der Waals surface area contributed by atoms with Crippen LogP contribution in [0.4, 0.5) is 4.79 Å². The number of nitrogens with zero attached hydrogens (tertiary/aromatic N) is 1. The second-order valence-electron chi connectivity index (χ2n) is 9.78. The van der Waals surface area contributed by atoms with Gasteiger partial charge in [-0.15, -0.1) is 0 Å². The van der Waals surface area contributed by atoms with Gasteiger partial charge in [-0.1, -0.05) is 18.2 Å². The molecule has 9 nitrogen and oxygen atoms in total. The number of esters is 1. The van der Waals surface area contributed by atoms with Crippen molar-refractivity contribution in [3.05, 3.63) is 34.9 Å². The molecule has 0 aliphatic carbocycles. The lowest BCUT2D eigenvalue weighted by Crippen LogP contribution is -2.55. The number of benzene rings is 1. The van der Waals surface area contributed by atoms with Gasteiger partial charge in [0.2, 0.25) is 11.8 Å². The number of nitrogens with one attached hydrogen (secondary N) is 2. The van der Waals surface area contributed by atoms with Crippen molar-refractivity contribution in [1.82, 2.24) is 15.5 Å². The zero-order valence-electron chi connectivity index (χ0n) is 21.1. The number of ether oxygens (including phenoxy) is 2. The topological polar surface area (TPSA) is 114 Å². The van der Waals surface area contributed by atoms with Crippen molar-refractivity contribution in [3.63, 3.8) is 0 Å². The molecule has 0 aliphatic heterocycles. The predicted molar refractivity (Wildman–Crippen MR) is 125 cm³/mol. The smallest absolute Gasteiger partial charge is 0.408 e. The van der Waals surface area contributed by atoms with Gasteiger partial charge >= 0.3 is 12.1 Å². The van der Waals surface area contributed by atoms with Crippen LogP contribution in [0.1, 0.15) is 64.3 Å². The van der Waals surface area contributed by atoms with Crippen molar-refractivity contribution in [2.45, 2.75) is 72.6 Å². The van der Waals surface area contributed by atoms with Crippen LogP contribution in [0.5, 0.6) is 0 Å². The molecule has 0 heterocycles. The first-order valence-electron chi connectivity index (χ1n) is 10.8. The molecule has 0 aliphatic rings. The number of hydrogen-bond donors (Lipinski definition) is 2. The first kappa shape index (κ1) is 27.9. The van der Waals surface area contributed by atoms with E-state index in [9.17, 15) is 19.2 Å². The zero-order chi connectivity index (χ0) is 25.6. The van der Waals surface area contributed by atoms with Crippen LogP contribution in [-0.4, -0.2) is 60.1 Å². The molecule has 0 saturated heterocycles. The van der Waals surface area contributed by atoms with Gasteiger partial charge in [0.1, 0.15) is 24.7 Å². The fraction of sp³-hybridized carbons (Fsp3) is 0.583. The van der Waals surface area contributed by atoms with Crippen LogP contribution >= 0.6 is 0 Å². The summed E-state index contributed by atoms with van der Waals surface area (Å²) in [4.78, 5) is 51.8. The molecule has 1 aromatic rings. The monoisotopic (exact) mass is 463 g/mol. The van der Waals surface area contributed by atoms with E-state index in [4.69, 9.17) is 4.74 Å². The lowest BCUT2D eigenvalue weighted by molar-refractivity contribution is -0.147. The standard InChI is InChI=1S/C24H37N3O6/c1-15-11-10-12-17(16(15)2)20(21(30)25-14-19(29)32-9)27(23(3,4)5)18(28)13-26-22(31)33-24(6,7)8/h10-12,20H,13-14H2,1-9H3,(H,25,30)(H,26,31). The normalized spacial score (nSPS) is 12.4. The fourth-order valence-corrected chi connectivity index (χ4v) is 3.25. The summed E-state index contributed by atoms with van der Waals surface area (Å²) < 4.78 is 9.82. The van der Waals surface area contributed by atoms with E-state index in [0.717, 1.165) is 11.1 Å². The highest BCUT2D eigenvalue weighted by Crippen LogP contribution is 2.32. The molecule has 1 atom stereocenters. The Kier molecular flexibility index (Phi) is 9.45. The summed E-state index contributed by atoms with van der Waals surface area (Å²) in [5.41, 5.74) is 0.907. The van der Waals surface area contributed by atoms with E-state index in [1.165, 1.54) is 12.0 Å². The van der Waals surface area contributed by atoms with Crippen molar-refractivity contribution in [1.29, 1.82) is 0 Å². The van der Waals surface area contributed by atoms with Crippen LogP contribution in [0.2, 0.25) is 0 Å². The maximum Gasteiger partial charge on any atom is 0.408 e. The summed E-state index contributed by atoms with van der Waals surface area (Å²) >= 11 is 0. The molecule has 0 fully saturated rings. The molecule has 0 bridgehead atoms. The summed E-state index contributed by atoms with van der Waals surface area (Å²) in [7, 11) is 1.23. The number of carbonyl (C=O) groups excluding carboxylic acids is 4. The Morgan fingerprint density at radius 3 is 2.09 bits per heavy atom. The van der Waals surface area contributed by atoms with Crippen molar-refractivity contribution < 1.29 is 28.7 Å². The van der Waals surface area contributed by atoms with Gasteiger partial charge in [0.05, 0.1) is 7.11 Å². The van der Waals surface area contributed by atoms with Gasteiger partial charge in [-0.05, 0) is 72.1 Å². The highest BCUT2D eigenvalue weighted by atomic mass is 16.6. The molecular formula is C24H37N3O6. The van der Waals surface area contributed by atoms with Crippen LogP contribution in [0, 0.1) is 13.8 Å². The third kappa shape index (κ3) is 8.40. The maximum atomic E-state index is 13.4. The summed E-state index contributed by atoms with van der Waals surface area (Å²) in [5, 5.41) is 5.03. The molecule has 3 amide bonds. The van der Waals surface area contributed by atoms with Gasteiger partial charge in [-0.3, -0.25) is 14.4 Å². The van der Waals surface area contributed by atoms with E-state index in [1.54, 1.807) is 47.6 Å². The van der Waals surface area contributed by atoms with Crippen molar-refractivity contribution in [2.24, 2.45) is 0 Å². The average molecular weight is 464 g/mol. The molecule has 0 spiro atoms. The van der Waals surface area contributed by atoms with Crippen molar-refractivity contribution >= 4 is 23.9 Å². The molecule has 33 heavy (non-hydrogen) atoms. The van der Waals surface area contributed by atoms with Gasteiger partial charge in [-0.2, -0.15) is 0 Å². The Morgan fingerprint density at radius 1 is 0.970 bits per heavy atom. The number of alkyl carbamates (subject to hydrolysis) is 1. The quantitative estimate of drug-likeness (QED) is 0.601. The number of hydrogen-bond acceptors (Lipinski definition) is 6. The molecule has 1 aromatic carbocycles. The van der Waals surface area contributed by atoms with Crippen molar-refractivity contribution in [2.75, 3.05) is 20.2 Å². The third-order valence-corrected chi connectivity index (χ3v) is 4.86. The molecule has 9 heteroatoms. The summed E-state index contributed by atoms with van der Waals surface area (Å²) in [6, 6.07) is 4.46. The summed E-state index contributed by atoms with van der Waals surface area (Å²) in [5.74, 6) is -1.62. The number of carbonyl (C=O) groups is 4. The van der Waals surface area contributed by atoms with E-state index in [2.05, 4.69) is 15.4 Å². The second kappa shape index (κ2) is 11.2. The SMILES string of the molecule is COC(=O)CNC(=O)C(c1cccc(C)c1C)N(C(=O)CNC(=O)OC(C)(C)C)C(C)(C)C. The Labute approximate surface area is 196 Å². The molecule has 184 valence electrons. The second-order valence-corrected chi connectivity index (χ2v) is 9.78. The number of methoxy groups -OCH3 is 1. The number of amides is 3. The van der Waals surface area contributed by atoms with Gasteiger partial charge in [0, 0.05) is 5.54 Å². The maximum absolute atomic E-state index is 13.4. The largest absolute Gasteiger partial charge is 0.468 e. The zero-order valence-corrected chi connectivity index (χ0v) is 21.1. The number of rotatable bonds is 7. The average Bonchev–Trinajstić information content (AvgIpc) is 2.68. The molecule has 0 saturated carbocycles.